The summed E-state index contributed by atoms with van der Waals surface area (Å²) in [7, 11) is 0. The molecule has 0 spiro atoms. The summed E-state index contributed by atoms with van der Waals surface area (Å²) in [5.74, 6) is 0. The molecule has 11 heavy (non-hydrogen) atoms. The lowest BCUT2D eigenvalue weighted by Crippen LogP contribution is -2.17. The summed E-state index contributed by atoms with van der Waals surface area (Å²) in [4.78, 5) is 0. The SMILES string of the molecule is CCCOC1CCOCCO1. The molecule has 0 saturated carbocycles. The van der Waals surface area contributed by atoms with Crippen molar-refractivity contribution in [2.45, 2.75) is 26.1 Å². The highest BCUT2D eigenvalue weighted by molar-refractivity contribution is 4.49. The van der Waals surface area contributed by atoms with Crippen molar-refractivity contribution >= 4 is 0 Å². The number of hydrogen-bond donors (Lipinski definition) is 0. The minimum atomic E-state index is -0.0301. The van der Waals surface area contributed by atoms with Gasteiger partial charge in [0.2, 0.25) is 0 Å². The monoisotopic (exact) mass is 160 g/mol. The maximum Gasteiger partial charge on any atom is 0.159 e. The zero-order chi connectivity index (χ0) is 7.94. The summed E-state index contributed by atoms with van der Waals surface area (Å²) in [6.45, 7) is 4.99. The summed E-state index contributed by atoms with van der Waals surface area (Å²) in [6, 6.07) is 0. The Bertz CT molecular complexity index is 87.3. The molecule has 0 aromatic rings. The molecule has 0 aromatic heterocycles. The van der Waals surface area contributed by atoms with Crippen LogP contribution in [0.3, 0.4) is 0 Å². The molecule has 1 saturated heterocycles. The van der Waals surface area contributed by atoms with E-state index >= 15 is 0 Å². The van der Waals surface area contributed by atoms with Crippen LogP contribution in [0.25, 0.3) is 0 Å². The van der Waals surface area contributed by atoms with Crippen LogP contribution in [0.1, 0.15) is 19.8 Å². The van der Waals surface area contributed by atoms with Crippen LogP contribution in [0.15, 0.2) is 0 Å². The molecule has 0 bridgehead atoms. The fourth-order valence-corrected chi connectivity index (χ4v) is 0.984. The van der Waals surface area contributed by atoms with E-state index in [2.05, 4.69) is 6.92 Å². The fraction of sp³-hybridized carbons (Fsp3) is 1.00. The Balaban J connectivity index is 2.09. The van der Waals surface area contributed by atoms with Gasteiger partial charge in [0, 0.05) is 13.0 Å². The van der Waals surface area contributed by atoms with Crippen LogP contribution in [-0.2, 0) is 14.2 Å². The van der Waals surface area contributed by atoms with Gasteiger partial charge in [0.05, 0.1) is 19.8 Å². The average Bonchev–Trinajstić information content (AvgIpc) is 2.28. The van der Waals surface area contributed by atoms with Gasteiger partial charge < -0.3 is 14.2 Å². The van der Waals surface area contributed by atoms with Crippen LogP contribution in [-0.4, -0.2) is 32.7 Å². The molecule has 3 nitrogen and oxygen atoms in total. The number of rotatable bonds is 3. The lowest BCUT2D eigenvalue weighted by Gasteiger charge is -2.13. The Morgan fingerprint density at radius 2 is 2.27 bits per heavy atom. The Hall–Kier alpha value is -0.120. The third kappa shape index (κ3) is 3.70. The van der Waals surface area contributed by atoms with Crippen LogP contribution < -0.4 is 0 Å². The topological polar surface area (TPSA) is 27.7 Å². The standard InChI is InChI=1S/C8H16O3/c1-2-4-10-8-3-5-9-6-7-11-8/h8H,2-7H2,1H3. The van der Waals surface area contributed by atoms with Gasteiger partial charge >= 0.3 is 0 Å². The highest BCUT2D eigenvalue weighted by Gasteiger charge is 2.11. The van der Waals surface area contributed by atoms with Crippen molar-refractivity contribution in [3.63, 3.8) is 0 Å². The van der Waals surface area contributed by atoms with Gasteiger partial charge in [0.25, 0.3) is 0 Å². The Morgan fingerprint density at radius 1 is 1.36 bits per heavy atom. The molecule has 0 N–H and O–H groups in total. The van der Waals surface area contributed by atoms with E-state index in [0.29, 0.717) is 13.2 Å². The van der Waals surface area contributed by atoms with Crippen molar-refractivity contribution in [1.82, 2.24) is 0 Å². The third-order valence-electron chi connectivity index (χ3n) is 1.54. The molecule has 1 fully saturated rings. The summed E-state index contributed by atoms with van der Waals surface area (Å²) in [5, 5.41) is 0. The second-order valence-electron chi connectivity index (χ2n) is 2.57. The molecule has 0 amide bonds. The minimum absolute atomic E-state index is 0.0301. The van der Waals surface area contributed by atoms with Crippen molar-refractivity contribution in [1.29, 1.82) is 0 Å². The van der Waals surface area contributed by atoms with Crippen LogP contribution in [0, 0.1) is 0 Å². The summed E-state index contributed by atoms with van der Waals surface area (Å²) in [6.07, 6.45) is 1.87. The lowest BCUT2D eigenvalue weighted by molar-refractivity contribution is -0.137. The Labute approximate surface area is 67.6 Å². The van der Waals surface area contributed by atoms with E-state index in [9.17, 15) is 0 Å². The van der Waals surface area contributed by atoms with Crippen molar-refractivity contribution in [3.05, 3.63) is 0 Å². The first kappa shape index (κ1) is 8.97. The van der Waals surface area contributed by atoms with E-state index < -0.39 is 0 Å². The van der Waals surface area contributed by atoms with Gasteiger partial charge in [-0.3, -0.25) is 0 Å². The molecular formula is C8H16O3. The maximum atomic E-state index is 5.41. The van der Waals surface area contributed by atoms with Crippen LogP contribution >= 0.6 is 0 Å². The summed E-state index contributed by atoms with van der Waals surface area (Å²) >= 11 is 0. The molecule has 3 heteroatoms. The first-order valence-electron chi connectivity index (χ1n) is 4.24. The molecule has 0 radical (unpaired) electrons. The largest absolute Gasteiger partial charge is 0.379 e. The van der Waals surface area contributed by atoms with Gasteiger partial charge in [0.1, 0.15) is 0 Å². The van der Waals surface area contributed by atoms with E-state index in [4.69, 9.17) is 14.2 Å². The lowest BCUT2D eigenvalue weighted by atomic mass is 10.4. The molecule has 1 aliphatic rings. The van der Waals surface area contributed by atoms with E-state index in [0.717, 1.165) is 26.1 Å². The quantitative estimate of drug-likeness (QED) is 0.620. The maximum absolute atomic E-state index is 5.41. The molecule has 1 unspecified atom stereocenters. The third-order valence-corrected chi connectivity index (χ3v) is 1.54. The fourth-order valence-electron chi connectivity index (χ4n) is 0.984. The molecule has 1 aliphatic heterocycles. The predicted octanol–water partition coefficient (Wildman–Crippen LogP) is 1.18. The van der Waals surface area contributed by atoms with E-state index in [1.165, 1.54) is 0 Å². The summed E-state index contributed by atoms with van der Waals surface area (Å²) < 4.78 is 16.0. The van der Waals surface area contributed by atoms with Gasteiger partial charge in [-0.15, -0.1) is 0 Å². The molecule has 66 valence electrons. The molecule has 0 aromatic carbocycles. The number of hydrogen-bond acceptors (Lipinski definition) is 3. The van der Waals surface area contributed by atoms with E-state index in [-0.39, 0.29) is 6.29 Å². The molecule has 1 rings (SSSR count). The second kappa shape index (κ2) is 5.52. The second-order valence-corrected chi connectivity index (χ2v) is 2.57. The molecular weight excluding hydrogens is 144 g/mol. The highest BCUT2D eigenvalue weighted by Crippen LogP contribution is 2.05. The highest BCUT2D eigenvalue weighted by atomic mass is 16.7. The summed E-state index contributed by atoms with van der Waals surface area (Å²) in [5.41, 5.74) is 0. The minimum Gasteiger partial charge on any atom is -0.379 e. The average molecular weight is 160 g/mol. The molecule has 1 atom stereocenters. The Kier molecular flexibility index (Phi) is 4.50. The van der Waals surface area contributed by atoms with Gasteiger partial charge in [-0.05, 0) is 6.42 Å². The molecule has 0 aliphatic carbocycles. The first-order valence-corrected chi connectivity index (χ1v) is 4.24. The first-order chi connectivity index (χ1) is 5.43. The van der Waals surface area contributed by atoms with Crippen LogP contribution in [0.5, 0.6) is 0 Å². The predicted molar refractivity (Wildman–Crippen MR) is 41.4 cm³/mol. The number of ether oxygens (including phenoxy) is 3. The molecule has 1 heterocycles. The van der Waals surface area contributed by atoms with Gasteiger partial charge in [-0.2, -0.15) is 0 Å². The smallest absolute Gasteiger partial charge is 0.159 e. The van der Waals surface area contributed by atoms with Crippen molar-refractivity contribution < 1.29 is 14.2 Å². The Morgan fingerprint density at radius 3 is 3.09 bits per heavy atom. The zero-order valence-electron chi connectivity index (χ0n) is 7.04. The van der Waals surface area contributed by atoms with Crippen molar-refractivity contribution in [3.8, 4) is 0 Å². The van der Waals surface area contributed by atoms with Gasteiger partial charge in [0.15, 0.2) is 6.29 Å². The van der Waals surface area contributed by atoms with Gasteiger partial charge in [-0.1, -0.05) is 6.92 Å². The van der Waals surface area contributed by atoms with Crippen molar-refractivity contribution in [2.24, 2.45) is 0 Å². The van der Waals surface area contributed by atoms with Crippen LogP contribution in [0.4, 0.5) is 0 Å². The van der Waals surface area contributed by atoms with E-state index in [1.807, 2.05) is 0 Å². The van der Waals surface area contributed by atoms with Crippen molar-refractivity contribution in [2.75, 3.05) is 26.4 Å². The van der Waals surface area contributed by atoms with E-state index in [1.54, 1.807) is 0 Å². The van der Waals surface area contributed by atoms with Gasteiger partial charge in [-0.25, -0.2) is 0 Å². The zero-order valence-corrected chi connectivity index (χ0v) is 7.04. The van der Waals surface area contributed by atoms with Crippen LogP contribution in [0.2, 0.25) is 0 Å². The normalized spacial score (nSPS) is 26.5.